The Morgan fingerprint density at radius 1 is 1.29 bits per heavy atom. The summed E-state index contributed by atoms with van der Waals surface area (Å²) in [6, 6.07) is 5.41. The lowest BCUT2D eigenvalue weighted by atomic mass is 9.98. The van der Waals surface area contributed by atoms with Gasteiger partial charge in [-0.2, -0.15) is 5.10 Å². The topological polar surface area (TPSA) is 75.9 Å². The van der Waals surface area contributed by atoms with Crippen LogP contribution in [0.1, 0.15) is 56.1 Å². The second-order valence-electron chi connectivity index (χ2n) is 9.22. The quantitative estimate of drug-likeness (QED) is 0.558. The van der Waals surface area contributed by atoms with Gasteiger partial charge in [0, 0.05) is 22.6 Å². The number of amides is 1. The van der Waals surface area contributed by atoms with Crippen molar-refractivity contribution in [2.45, 2.75) is 58.2 Å². The van der Waals surface area contributed by atoms with Crippen molar-refractivity contribution in [2.24, 2.45) is 0 Å². The number of nitrogens with zero attached hydrogens (tertiary/aromatic N) is 5. The van der Waals surface area contributed by atoms with E-state index >= 15 is 0 Å². The van der Waals surface area contributed by atoms with Crippen molar-refractivity contribution in [3.05, 3.63) is 57.5 Å². The molecule has 1 fully saturated rings. The first kappa shape index (κ1) is 23.3. The number of halogens is 2. The normalized spacial score (nSPS) is 21.7. The third-order valence-corrected chi connectivity index (χ3v) is 7.47. The smallest absolute Gasteiger partial charge is 0.240 e. The Hall–Kier alpha value is -2.48. The Labute approximate surface area is 209 Å². The van der Waals surface area contributed by atoms with E-state index < -0.39 is 0 Å². The van der Waals surface area contributed by atoms with E-state index in [1.165, 1.54) is 0 Å². The van der Waals surface area contributed by atoms with Gasteiger partial charge < -0.3 is 10.2 Å². The molecule has 34 heavy (non-hydrogen) atoms. The number of hydrogen-bond acceptors (Lipinski definition) is 5. The van der Waals surface area contributed by atoms with Crippen LogP contribution in [-0.4, -0.2) is 55.7 Å². The van der Waals surface area contributed by atoms with Gasteiger partial charge in [0.2, 0.25) is 5.91 Å². The molecule has 0 aliphatic carbocycles. The van der Waals surface area contributed by atoms with E-state index in [0.717, 1.165) is 59.5 Å². The van der Waals surface area contributed by atoms with Crippen molar-refractivity contribution in [1.29, 1.82) is 0 Å². The molecule has 5 rings (SSSR count). The molecule has 1 saturated heterocycles. The molecule has 0 spiro atoms. The summed E-state index contributed by atoms with van der Waals surface area (Å²) in [5.41, 5.74) is 5.15. The second-order valence-corrected chi connectivity index (χ2v) is 10.1. The summed E-state index contributed by atoms with van der Waals surface area (Å²) in [4.78, 5) is 24.6. The van der Waals surface area contributed by atoms with E-state index in [1.807, 2.05) is 41.8 Å². The number of aryl methyl sites for hydroxylation is 1. The van der Waals surface area contributed by atoms with Crippen molar-refractivity contribution < 1.29 is 4.79 Å². The van der Waals surface area contributed by atoms with Crippen molar-refractivity contribution in [2.75, 3.05) is 13.1 Å². The van der Waals surface area contributed by atoms with Crippen molar-refractivity contribution >= 4 is 45.8 Å². The molecule has 0 saturated carbocycles. The molecule has 0 bridgehead atoms. The summed E-state index contributed by atoms with van der Waals surface area (Å²) in [7, 11) is 0. The summed E-state index contributed by atoms with van der Waals surface area (Å²) in [6.45, 7) is 7.58. The summed E-state index contributed by atoms with van der Waals surface area (Å²) < 4.78 is 1.88. The first-order valence-electron chi connectivity index (χ1n) is 11.7. The van der Waals surface area contributed by atoms with E-state index in [9.17, 15) is 4.79 Å². The number of carbonyl (C=O) groups is 1. The highest BCUT2D eigenvalue weighted by Crippen LogP contribution is 2.32. The molecule has 4 heterocycles. The molecule has 0 radical (unpaired) electrons. The van der Waals surface area contributed by atoms with Gasteiger partial charge in [0.25, 0.3) is 0 Å². The predicted octanol–water partition coefficient (Wildman–Crippen LogP) is 4.81. The number of aromatic nitrogens is 4. The van der Waals surface area contributed by atoms with Gasteiger partial charge in [-0.25, -0.2) is 14.6 Å². The van der Waals surface area contributed by atoms with Crippen LogP contribution in [0.3, 0.4) is 0 Å². The van der Waals surface area contributed by atoms with Crippen LogP contribution in [0, 0.1) is 6.92 Å². The Bertz CT molecular complexity index is 1280. The van der Waals surface area contributed by atoms with Crippen LogP contribution >= 0.6 is 23.2 Å². The van der Waals surface area contributed by atoms with Gasteiger partial charge in [0.1, 0.15) is 5.52 Å². The lowest BCUT2D eigenvalue weighted by Gasteiger charge is -2.34. The average molecular weight is 499 g/mol. The number of benzene rings is 1. The maximum Gasteiger partial charge on any atom is 0.240 e. The van der Waals surface area contributed by atoms with Gasteiger partial charge in [-0.3, -0.25) is 4.79 Å². The number of rotatable bonds is 4. The molecule has 9 heteroatoms. The van der Waals surface area contributed by atoms with Gasteiger partial charge in [-0.15, -0.1) is 0 Å². The number of hydrogen-bond donors (Lipinski definition) is 1. The van der Waals surface area contributed by atoms with Gasteiger partial charge in [0.15, 0.2) is 5.65 Å². The van der Waals surface area contributed by atoms with Crippen LogP contribution in [0.5, 0.6) is 0 Å². The average Bonchev–Trinajstić information content (AvgIpc) is 3.46. The summed E-state index contributed by atoms with van der Waals surface area (Å²) in [5.74, 6) is 0.198. The molecule has 1 amide bonds. The minimum Gasteiger partial charge on any atom is -0.335 e. The van der Waals surface area contributed by atoms with Crippen LogP contribution < -0.4 is 5.32 Å². The van der Waals surface area contributed by atoms with E-state index in [-0.39, 0.29) is 24.0 Å². The van der Waals surface area contributed by atoms with E-state index in [4.69, 9.17) is 38.3 Å². The zero-order chi connectivity index (χ0) is 24.0. The highest BCUT2D eigenvalue weighted by Gasteiger charge is 2.32. The Morgan fingerprint density at radius 3 is 2.82 bits per heavy atom. The van der Waals surface area contributed by atoms with Crippen LogP contribution in [-0.2, 0) is 4.79 Å². The SMILES string of the molecule is Cc1nn(C(C)c2ccc(Cl)cc2Cl)c2nc(C3=CCN(C(=O)C4CCCN4)C(C)C3)cnc12. The lowest BCUT2D eigenvalue weighted by Crippen LogP contribution is -2.49. The summed E-state index contributed by atoms with van der Waals surface area (Å²) in [5, 5.41) is 9.24. The standard InChI is InChI=1S/C25H28Cl2N6O/c1-14-11-17(8-10-32(14)25(34)21-5-4-9-28-21)22-13-29-23-15(2)31-33(24(23)30-22)16(3)19-7-6-18(26)12-20(19)27/h6-8,12-14,16,21,28H,4-5,9-11H2,1-3H3. The van der Waals surface area contributed by atoms with Gasteiger partial charge >= 0.3 is 0 Å². The lowest BCUT2D eigenvalue weighted by molar-refractivity contribution is -0.134. The van der Waals surface area contributed by atoms with Crippen LogP contribution in [0.2, 0.25) is 10.0 Å². The highest BCUT2D eigenvalue weighted by atomic mass is 35.5. The summed E-state index contributed by atoms with van der Waals surface area (Å²) in [6.07, 6.45) is 6.64. The predicted molar refractivity (Wildman–Crippen MR) is 135 cm³/mol. The second kappa shape index (κ2) is 9.29. The molecule has 3 atom stereocenters. The number of fused-ring (bicyclic) bond motifs is 1. The van der Waals surface area contributed by atoms with E-state index in [0.29, 0.717) is 16.6 Å². The van der Waals surface area contributed by atoms with Gasteiger partial charge in [-0.05, 0) is 69.8 Å². The minimum absolute atomic E-state index is 0.0490. The van der Waals surface area contributed by atoms with Crippen molar-refractivity contribution in [1.82, 2.24) is 30.0 Å². The first-order valence-corrected chi connectivity index (χ1v) is 12.5. The molecule has 178 valence electrons. The third-order valence-electron chi connectivity index (χ3n) is 6.90. The van der Waals surface area contributed by atoms with E-state index in [1.54, 1.807) is 6.07 Å². The number of nitrogens with one attached hydrogen (secondary N) is 1. The molecule has 1 aromatic carbocycles. The molecule has 3 aromatic rings. The van der Waals surface area contributed by atoms with E-state index in [2.05, 4.69) is 18.3 Å². The fourth-order valence-electron chi connectivity index (χ4n) is 4.96. The molecule has 1 N–H and O–H groups in total. The maximum atomic E-state index is 12.9. The zero-order valence-corrected chi connectivity index (χ0v) is 21.1. The van der Waals surface area contributed by atoms with Crippen LogP contribution in [0.25, 0.3) is 16.7 Å². The zero-order valence-electron chi connectivity index (χ0n) is 19.6. The monoisotopic (exact) mass is 498 g/mol. The molecule has 2 aliphatic rings. The molecule has 3 unspecified atom stereocenters. The van der Waals surface area contributed by atoms with Crippen LogP contribution in [0.4, 0.5) is 0 Å². The molecule has 2 aromatic heterocycles. The van der Waals surface area contributed by atoms with Crippen LogP contribution in [0.15, 0.2) is 30.5 Å². The Balaban J connectivity index is 1.45. The van der Waals surface area contributed by atoms with Gasteiger partial charge in [0.05, 0.1) is 29.7 Å². The fourth-order valence-corrected chi connectivity index (χ4v) is 5.53. The Kier molecular flexibility index (Phi) is 6.35. The minimum atomic E-state index is -0.142. The summed E-state index contributed by atoms with van der Waals surface area (Å²) >= 11 is 12.6. The molecule has 2 aliphatic heterocycles. The molecular formula is C25H28Cl2N6O. The third kappa shape index (κ3) is 4.21. The molecule has 7 nitrogen and oxygen atoms in total. The van der Waals surface area contributed by atoms with Gasteiger partial charge in [-0.1, -0.05) is 35.3 Å². The largest absolute Gasteiger partial charge is 0.335 e. The fraction of sp³-hybridized carbons (Fsp3) is 0.440. The maximum absolute atomic E-state index is 12.9. The highest BCUT2D eigenvalue weighted by molar-refractivity contribution is 6.35. The first-order chi connectivity index (χ1) is 16.3. The molecular weight excluding hydrogens is 471 g/mol. The van der Waals surface area contributed by atoms with Crippen molar-refractivity contribution in [3.8, 4) is 0 Å². The van der Waals surface area contributed by atoms with Crippen molar-refractivity contribution in [3.63, 3.8) is 0 Å². The Morgan fingerprint density at radius 2 is 2.12 bits per heavy atom. The number of carbonyl (C=O) groups excluding carboxylic acids is 1.